The second-order valence-corrected chi connectivity index (χ2v) is 5.67. The Balaban J connectivity index is 2.06. The van der Waals surface area contributed by atoms with Crippen molar-refractivity contribution >= 4 is 25.0 Å². The maximum atomic E-state index is 9.19. The molecule has 2 aromatic rings. The highest BCUT2D eigenvalue weighted by atomic mass is 16.4. The van der Waals surface area contributed by atoms with Crippen LogP contribution in [0.25, 0.3) is 12.2 Å². The SMILES string of the molecule is CB(O)Nc1cc(/C=C\c2ncc(C(C)(C)C)o2)[nH]n1. The highest BCUT2D eigenvalue weighted by molar-refractivity contribution is 6.52. The highest BCUT2D eigenvalue weighted by Crippen LogP contribution is 2.23. The number of aromatic amines is 1. The number of anilines is 1. The van der Waals surface area contributed by atoms with E-state index in [4.69, 9.17) is 4.42 Å². The van der Waals surface area contributed by atoms with E-state index in [-0.39, 0.29) is 5.41 Å². The van der Waals surface area contributed by atoms with Gasteiger partial charge in [-0.3, -0.25) is 5.10 Å². The van der Waals surface area contributed by atoms with Gasteiger partial charge in [-0.25, -0.2) is 4.98 Å². The average Bonchev–Trinajstić information content (AvgIpc) is 2.93. The number of nitrogens with one attached hydrogen (secondary N) is 2. The van der Waals surface area contributed by atoms with Crippen molar-refractivity contribution in [1.29, 1.82) is 0 Å². The number of nitrogens with zero attached hydrogens (tertiary/aromatic N) is 2. The van der Waals surface area contributed by atoms with Crippen LogP contribution >= 0.6 is 0 Å². The summed E-state index contributed by atoms with van der Waals surface area (Å²) in [5.41, 5.74) is 0.741. The predicted octanol–water partition coefficient (Wildman–Crippen LogP) is 2.39. The number of aromatic nitrogens is 3. The van der Waals surface area contributed by atoms with Gasteiger partial charge in [0.15, 0.2) is 0 Å². The second kappa shape index (κ2) is 5.54. The molecule has 0 saturated carbocycles. The van der Waals surface area contributed by atoms with Gasteiger partial charge in [0.05, 0.1) is 11.9 Å². The molecule has 7 heteroatoms. The molecule has 0 aliphatic heterocycles. The molecule has 2 rings (SSSR count). The fraction of sp³-hybridized carbons (Fsp3) is 0.385. The van der Waals surface area contributed by atoms with Crippen LogP contribution in [-0.4, -0.2) is 27.3 Å². The molecule has 2 aromatic heterocycles. The minimum atomic E-state index is -0.642. The summed E-state index contributed by atoms with van der Waals surface area (Å²) in [6.45, 7) is 7.85. The smallest absolute Gasteiger partial charge is 0.408 e. The molecule has 0 amide bonds. The van der Waals surface area contributed by atoms with Crippen molar-refractivity contribution in [3.05, 3.63) is 29.6 Å². The summed E-state index contributed by atoms with van der Waals surface area (Å²) in [5.74, 6) is 1.98. The van der Waals surface area contributed by atoms with Crippen LogP contribution in [-0.2, 0) is 5.41 Å². The zero-order valence-electron chi connectivity index (χ0n) is 12.1. The summed E-state index contributed by atoms with van der Waals surface area (Å²) in [6.07, 6.45) is 5.33. The Hall–Kier alpha value is -2.02. The van der Waals surface area contributed by atoms with E-state index in [0.29, 0.717) is 11.7 Å². The fourth-order valence-corrected chi connectivity index (χ4v) is 1.58. The molecule has 0 radical (unpaired) electrons. The quantitative estimate of drug-likeness (QED) is 0.745. The minimum Gasteiger partial charge on any atom is -0.441 e. The lowest BCUT2D eigenvalue weighted by atomic mass is 9.89. The van der Waals surface area contributed by atoms with Gasteiger partial charge in [-0.05, 0) is 12.9 Å². The van der Waals surface area contributed by atoms with E-state index < -0.39 is 7.05 Å². The van der Waals surface area contributed by atoms with E-state index in [9.17, 15) is 5.02 Å². The molecule has 0 aromatic carbocycles. The lowest BCUT2D eigenvalue weighted by Crippen LogP contribution is -2.19. The van der Waals surface area contributed by atoms with Gasteiger partial charge in [0.2, 0.25) is 5.89 Å². The third kappa shape index (κ3) is 3.74. The average molecular weight is 274 g/mol. The molecule has 6 nitrogen and oxygen atoms in total. The van der Waals surface area contributed by atoms with Crippen LogP contribution in [0.15, 0.2) is 16.7 Å². The molecule has 0 unspecified atom stereocenters. The molecule has 0 atom stereocenters. The number of hydrogen-bond acceptors (Lipinski definition) is 5. The Morgan fingerprint density at radius 1 is 1.40 bits per heavy atom. The van der Waals surface area contributed by atoms with Gasteiger partial charge in [-0.15, -0.1) is 0 Å². The molecule has 20 heavy (non-hydrogen) atoms. The fourth-order valence-electron chi connectivity index (χ4n) is 1.58. The first-order chi connectivity index (χ1) is 9.34. The van der Waals surface area contributed by atoms with Crippen LogP contribution in [0.2, 0.25) is 6.82 Å². The van der Waals surface area contributed by atoms with Gasteiger partial charge in [0, 0.05) is 17.6 Å². The van der Waals surface area contributed by atoms with Crippen molar-refractivity contribution in [3.8, 4) is 0 Å². The number of oxazole rings is 1. The van der Waals surface area contributed by atoms with Crippen LogP contribution in [0, 0.1) is 0 Å². The normalized spacial score (nSPS) is 12.1. The molecule has 0 spiro atoms. The van der Waals surface area contributed by atoms with Crippen molar-refractivity contribution in [1.82, 2.24) is 15.2 Å². The molecular weight excluding hydrogens is 255 g/mol. The monoisotopic (exact) mass is 274 g/mol. The maximum Gasteiger partial charge on any atom is 0.408 e. The summed E-state index contributed by atoms with van der Waals surface area (Å²) in [4.78, 5) is 4.21. The van der Waals surface area contributed by atoms with E-state index in [1.807, 2.05) is 6.08 Å². The van der Waals surface area contributed by atoms with E-state index in [1.54, 1.807) is 25.2 Å². The number of hydrogen-bond donors (Lipinski definition) is 3. The molecule has 106 valence electrons. The first-order valence-corrected chi connectivity index (χ1v) is 6.49. The molecule has 0 aliphatic rings. The van der Waals surface area contributed by atoms with E-state index >= 15 is 0 Å². The summed E-state index contributed by atoms with van der Waals surface area (Å²) in [5, 5.41) is 18.8. The van der Waals surface area contributed by atoms with Crippen LogP contribution in [0.4, 0.5) is 5.82 Å². The Kier molecular flexibility index (Phi) is 3.99. The Labute approximate surface area is 118 Å². The summed E-state index contributed by atoms with van der Waals surface area (Å²) in [7, 11) is -0.642. The molecule has 2 heterocycles. The minimum absolute atomic E-state index is 0.0541. The van der Waals surface area contributed by atoms with Gasteiger partial charge in [-0.1, -0.05) is 20.8 Å². The Bertz CT molecular complexity index is 596. The zero-order valence-corrected chi connectivity index (χ0v) is 12.1. The highest BCUT2D eigenvalue weighted by Gasteiger charge is 2.18. The van der Waals surface area contributed by atoms with Crippen LogP contribution < -0.4 is 5.23 Å². The van der Waals surface area contributed by atoms with Crippen molar-refractivity contribution in [2.24, 2.45) is 0 Å². The predicted molar refractivity (Wildman–Crippen MR) is 80.2 cm³/mol. The number of H-pyrrole nitrogens is 1. The second-order valence-electron chi connectivity index (χ2n) is 5.67. The summed E-state index contributed by atoms with van der Waals surface area (Å²) < 4.78 is 5.65. The van der Waals surface area contributed by atoms with E-state index in [1.165, 1.54) is 0 Å². The molecule has 3 N–H and O–H groups in total. The van der Waals surface area contributed by atoms with Crippen molar-refractivity contribution in [3.63, 3.8) is 0 Å². The van der Waals surface area contributed by atoms with Gasteiger partial charge in [0.1, 0.15) is 11.6 Å². The maximum absolute atomic E-state index is 9.19. The Morgan fingerprint density at radius 3 is 2.75 bits per heavy atom. The van der Waals surface area contributed by atoms with Crippen molar-refractivity contribution < 1.29 is 9.44 Å². The summed E-state index contributed by atoms with van der Waals surface area (Å²) >= 11 is 0. The Morgan fingerprint density at radius 2 is 2.15 bits per heavy atom. The lowest BCUT2D eigenvalue weighted by Gasteiger charge is -2.12. The standard InChI is InChI=1S/C13H19BN4O2/c1-13(2,3)10-8-15-12(20-10)6-5-9-7-11(18-17-9)16-14(4)19/h5-8,19H,1-4H3,(H2,16,17,18)/b6-5-. The molecular formula is C13H19BN4O2. The van der Waals surface area contributed by atoms with Gasteiger partial charge in [0.25, 0.3) is 0 Å². The molecule has 0 aliphatic carbocycles. The first kappa shape index (κ1) is 14.4. The van der Waals surface area contributed by atoms with E-state index in [2.05, 4.69) is 41.2 Å². The van der Waals surface area contributed by atoms with E-state index in [0.717, 1.165) is 11.5 Å². The van der Waals surface area contributed by atoms with Crippen molar-refractivity contribution in [2.75, 3.05) is 5.23 Å². The molecule has 0 fully saturated rings. The first-order valence-electron chi connectivity index (χ1n) is 6.49. The summed E-state index contributed by atoms with van der Waals surface area (Å²) in [6, 6.07) is 1.79. The lowest BCUT2D eigenvalue weighted by molar-refractivity contribution is 0.403. The number of rotatable bonds is 4. The zero-order chi connectivity index (χ0) is 14.8. The van der Waals surface area contributed by atoms with Crippen LogP contribution in [0.5, 0.6) is 0 Å². The molecule has 0 saturated heterocycles. The third-order valence-corrected chi connectivity index (χ3v) is 2.62. The topological polar surface area (TPSA) is 87.0 Å². The van der Waals surface area contributed by atoms with Crippen LogP contribution in [0.1, 0.15) is 38.1 Å². The van der Waals surface area contributed by atoms with Crippen LogP contribution in [0.3, 0.4) is 0 Å². The van der Waals surface area contributed by atoms with Crippen molar-refractivity contribution in [2.45, 2.75) is 33.0 Å². The van der Waals surface area contributed by atoms with Gasteiger partial charge < -0.3 is 14.7 Å². The van der Waals surface area contributed by atoms with Gasteiger partial charge >= 0.3 is 7.05 Å². The third-order valence-electron chi connectivity index (χ3n) is 2.62. The largest absolute Gasteiger partial charge is 0.441 e. The molecule has 0 bridgehead atoms. The van der Waals surface area contributed by atoms with Gasteiger partial charge in [-0.2, -0.15) is 5.10 Å².